The van der Waals surface area contributed by atoms with Gasteiger partial charge in [0.05, 0.1) is 0 Å². The Balaban J connectivity index is 2.61. The molecule has 2 heteroatoms. The van der Waals surface area contributed by atoms with Gasteiger partial charge in [0.2, 0.25) is 0 Å². The number of hydrogen-bond donors (Lipinski definition) is 0. The van der Waals surface area contributed by atoms with Crippen LogP contribution in [-0.2, 0) is 4.79 Å². The topological polar surface area (TPSA) is 20.3 Å². The Bertz CT molecular complexity index is 167. The van der Waals surface area contributed by atoms with E-state index in [0.29, 0.717) is 12.2 Å². The van der Waals surface area contributed by atoms with Gasteiger partial charge in [-0.2, -0.15) is 0 Å². The highest BCUT2D eigenvalue weighted by Crippen LogP contribution is 2.30. The molecule has 1 aliphatic rings. The molecule has 1 rings (SSSR count). The van der Waals surface area contributed by atoms with Crippen LogP contribution in [-0.4, -0.2) is 30.8 Å². The molecule has 1 fully saturated rings. The molecule has 0 N–H and O–H groups in total. The van der Waals surface area contributed by atoms with Crippen LogP contribution in [0.3, 0.4) is 0 Å². The maximum absolute atomic E-state index is 11.5. The van der Waals surface area contributed by atoms with Crippen LogP contribution >= 0.6 is 0 Å². The van der Waals surface area contributed by atoms with E-state index in [2.05, 4.69) is 18.9 Å². The molecule has 11 heavy (non-hydrogen) atoms. The standard InChI is InChI=1S/C9H17NO/c1-4-8(11)9(2)5-6-10(3)7-9/h4-7H2,1-3H3/t9-/m0/s1. The SMILES string of the molecule is CCC(=O)[C@@]1(C)CCN(C)C1. The third-order valence-electron chi connectivity index (χ3n) is 2.66. The van der Waals surface area contributed by atoms with Crippen molar-refractivity contribution in [1.82, 2.24) is 4.90 Å². The van der Waals surface area contributed by atoms with Gasteiger partial charge in [0.25, 0.3) is 0 Å². The van der Waals surface area contributed by atoms with Gasteiger partial charge in [-0.15, -0.1) is 0 Å². The lowest BCUT2D eigenvalue weighted by Crippen LogP contribution is -2.30. The van der Waals surface area contributed by atoms with Crippen LogP contribution in [0.1, 0.15) is 26.7 Å². The molecule has 1 atom stereocenters. The van der Waals surface area contributed by atoms with E-state index < -0.39 is 0 Å². The minimum absolute atomic E-state index is 0.0382. The lowest BCUT2D eigenvalue weighted by molar-refractivity contribution is -0.126. The van der Waals surface area contributed by atoms with Crippen LogP contribution in [0.15, 0.2) is 0 Å². The molecule has 0 aromatic rings. The summed E-state index contributed by atoms with van der Waals surface area (Å²) in [6.45, 7) is 6.05. The molecule has 0 aromatic heterocycles. The Morgan fingerprint density at radius 2 is 2.27 bits per heavy atom. The predicted octanol–water partition coefficient (Wildman–Crippen LogP) is 1.31. The van der Waals surface area contributed by atoms with Gasteiger partial charge in [-0.25, -0.2) is 0 Å². The Kier molecular flexibility index (Phi) is 2.33. The predicted molar refractivity (Wildman–Crippen MR) is 45.5 cm³/mol. The first-order chi connectivity index (χ1) is 5.08. The van der Waals surface area contributed by atoms with Gasteiger partial charge in [0.1, 0.15) is 5.78 Å². The molecule has 64 valence electrons. The molecule has 1 heterocycles. The maximum atomic E-state index is 11.5. The summed E-state index contributed by atoms with van der Waals surface area (Å²) in [6, 6.07) is 0. The molecule has 1 saturated heterocycles. The summed E-state index contributed by atoms with van der Waals surface area (Å²) >= 11 is 0. The van der Waals surface area contributed by atoms with Crippen molar-refractivity contribution in [3.05, 3.63) is 0 Å². The summed E-state index contributed by atoms with van der Waals surface area (Å²) in [7, 11) is 2.08. The van der Waals surface area contributed by atoms with Gasteiger partial charge >= 0.3 is 0 Å². The second-order valence-electron chi connectivity index (χ2n) is 3.83. The Morgan fingerprint density at radius 3 is 2.64 bits per heavy atom. The fourth-order valence-corrected chi connectivity index (χ4v) is 1.85. The number of Topliss-reactive ketones (excluding diaryl/α,β-unsaturated/α-hetero) is 1. The summed E-state index contributed by atoms with van der Waals surface area (Å²) in [5, 5.41) is 0. The third kappa shape index (κ3) is 1.62. The first kappa shape index (κ1) is 8.72. The zero-order chi connectivity index (χ0) is 8.48. The van der Waals surface area contributed by atoms with E-state index in [1.807, 2.05) is 6.92 Å². The largest absolute Gasteiger partial charge is 0.305 e. The van der Waals surface area contributed by atoms with Crippen LogP contribution in [0.5, 0.6) is 0 Å². The summed E-state index contributed by atoms with van der Waals surface area (Å²) in [4.78, 5) is 13.7. The quantitative estimate of drug-likeness (QED) is 0.599. The van der Waals surface area contributed by atoms with Crippen molar-refractivity contribution >= 4 is 5.78 Å². The molecular formula is C9H17NO. The van der Waals surface area contributed by atoms with Crippen molar-refractivity contribution in [1.29, 1.82) is 0 Å². The van der Waals surface area contributed by atoms with E-state index in [1.54, 1.807) is 0 Å². The zero-order valence-electron chi connectivity index (χ0n) is 7.68. The van der Waals surface area contributed by atoms with Crippen LogP contribution in [0.2, 0.25) is 0 Å². The minimum atomic E-state index is -0.0382. The van der Waals surface area contributed by atoms with Crippen molar-refractivity contribution in [3.63, 3.8) is 0 Å². The fraction of sp³-hybridized carbons (Fsp3) is 0.889. The zero-order valence-corrected chi connectivity index (χ0v) is 7.68. The molecule has 0 bridgehead atoms. The Morgan fingerprint density at radius 1 is 1.64 bits per heavy atom. The minimum Gasteiger partial charge on any atom is -0.305 e. The highest BCUT2D eigenvalue weighted by atomic mass is 16.1. The monoisotopic (exact) mass is 155 g/mol. The van der Waals surface area contributed by atoms with Crippen molar-refractivity contribution in [2.24, 2.45) is 5.41 Å². The normalized spacial score (nSPS) is 32.6. The van der Waals surface area contributed by atoms with E-state index in [4.69, 9.17) is 0 Å². The van der Waals surface area contributed by atoms with Gasteiger partial charge in [-0.3, -0.25) is 4.79 Å². The van der Waals surface area contributed by atoms with Crippen LogP contribution in [0, 0.1) is 5.41 Å². The van der Waals surface area contributed by atoms with Crippen molar-refractivity contribution < 1.29 is 4.79 Å². The fourth-order valence-electron chi connectivity index (χ4n) is 1.85. The maximum Gasteiger partial charge on any atom is 0.139 e. The molecule has 0 unspecified atom stereocenters. The lowest BCUT2D eigenvalue weighted by atomic mass is 9.84. The molecule has 0 aliphatic carbocycles. The van der Waals surface area contributed by atoms with Gasteiger partial charge in [-0.1, -0.05) is 13.8 Å². The average molecular weight is 155 g/mol. The number of likely N-dealkylation sites (tertiary alicyclic amines) is 1. The highest BCUT2D eigenvalue weighted by molar-refractivity contribution is 5.84. The van der Waals surface area contributed by atoms with Gasteiger partial charge in [-0.05, 0) is 20.0 Å². The highest BCUT2D eigenvalue weighted by Gasteiger charge is 2.37. The Labute approximate surface area is 68.6 Å². The molecular weight excluding hydrogens is 138 g/mol. The van der Waals surface area contributed by atoms with Crippen LogP contribution in [0.25, 0.3) is 0 Å². The first-order valence-electron chi connectivity index (χ1n) is 4.30. The smallest absolute Gasteiger partial charge is 0.139 e. The molecule has 0 aromatic carbocycles. The van der Waals surface area contributed by atoms with Crippen LogP contribution < -0.4 is 0 Å². The summed E-state index contributed by atoms with van der Waals surface area (Å²) < 4.78 is 0. The average Bonchev–Trinajstić information content (AvgIpc) is 2.31. The number of carbonyl (C=O) groups is 1. The summed E-state index contributed by atoms with van der Waals surface area (Å²) in [5.41, 5.74) is -0.0382. The van der Waals surface area contributed by atoms with Crippen molar-refractivity contribution in [2.75, 3.05) is 20.1 Å². The molecule has 0 radical (unpaired) electrons. The van der Waals surface area contributed by atoms with Crippen LogP contribution in [0.4, 0.5) is 0 Å². The first-order valence-corrected chi connectivity index (χ1v) is 4.30. The van der Waals surface area contributed by atoms with Gasteiger partial charge < -0.3 is 4.90 Å². The molecule has 0 saturated carbocycles. The second-order valence-corrected chi connectivity index (χ2v) is 3.83. The Hall–Kier alpha value is -0.370. The third-order valence-corrected chi connectivity index (χ3v) is 2.66. The van der Waals surface area contributed by atoms with E-state index in [1.165, 1.54) is 0 Å². The molecule has 0 amide bonds. The van der Waals surface area contributed by atoms with E-state index in [-0.39, 0.29) is 5.41 Å². The van der Waals surface area contributed by atoms with E-state index in [0.717, 1.165) is 19.5 Å². The molecule has 1 aliphatic heterocycles. The number of rotatable bonds is 2. The summed E-state index contributed by atoms with van der Waals surface area (Å²) in [5.74, 6) is 0.418. The van der Waals surface area contributed by atoms with E-state index >= 15 is 0 Å². The van der Waals surface area contributed by atoms with E-state index in [9.17, 15) is 4.79 Å². The number of nitrogens with zero attached hydrogens (tertiary/aromatic N) is 1. The van der Waals surface area contributed by atoms with Crippen molar-refractivity contribution in [3.8, 4) is 0 Å². The summed E-state index contributed by atoms with van der Waals surface area (Å²) in [6.07, 6.45) is 1.72. The molecule has 0 spiro atoms. The van der Waals surface area contributed by atoms with Gasteiger partial charge in [0.15, 0.2) is 0 Å². The lowest BCUT2D eigenvalue weighted by Gasteiger charge is -2.20. The van der Waals surface area contributed by atoms with Crippen molar-refractivity contribution in [2.45, 2.75) is 26.7 Å². The molecule has 2 nitrogen and oxygen atoms in total. The number of carbonyl (C=O) groups excluding carboxylic acids is 1. The number of ketones is 1. The van der Waals surface area contributed by atoms with Gasteiger partial charge in [0, 0.05) is 18.4 Å². The second kappa shape index (κ2) is 2.94. The number of hydrogen-bond acceptors (Lipinski definition) is 2.